The predicted octanol–water partition coefficient (Wildman–Crippen LogP) is 18.2. The summed E-state index contributed by atoms with van der Waals surface area (Å²) in [6.45, 7) is 41.0. The van der Waals surface area contributed by atoms with E-state index < -0.39 is 95.7 Å². The summed E-state index contributed by atoms with van der Waals surface area (Å²) >= 11 is 20.6. The second-order valence-electron chi connectivity index (χ2n) is 35.2. The average molecular weight is 2070 g/mol. The Labute approximate surface area is 824 Å². The van der Waals surface area contributed by atoms with Crippen LogP contribution in [0.1, 0.15) is 134 Å². The molecule has 8 heterocycles. The number of aliphatic hydroxyl groups is 1. The maximum atomic E-state index is 15.0. The van der Waals surface area contributed by atoms with Crippen molar-refractivity contribution in [2.45, 2.75) is 197 Å². The van der Waals surface area contributed by atoms with Crippen LogP contribution in [0.3, 0.4) is 0 Å². The zero-order chi connectivity index (χ0) is 100. The van der Waals surface area contributed by atoms with Gasteiger partial charge in [0.05, 0.1) is 82.3 Å². The maximum Gasteiger partial charge on any atom is 0.297 e. The number of halogens is 3. The predicted molar refractivity (Wildman–Crippen MR) is 541 cm³/mol. The first kappa shape index (κ1) is 107. The number of ether oxygens (including phenoxy) is 2. The highest BCUT2D eigenvalue weighted by Crippen LogP contribution is 2.44. The maximum absolute atomic E-state index is 15.0. The van der Waals surface area contributed by atoms with Gasteiger partial charge < -0.3 is 34.4 Å². The van der Waals surface area contributed by atoms with E-state index in [1.165, 1.54) is 63.2 Å². The Morgan fingerprint density at radius 1 is 0.387 bits per heavy atom. The third-order valence-corrected chi connectivity index (χ3v) is 34.9. The number of carbonyl (C=O) groups excluding carboxylic acids is 3. The van der Waals surface area contributed by atoms with Crippen molar-refractivity contribution < 1.29 is 97.7 Å². The van der Waals surface area contributed by atoms with Gasteiger partial charge in [-0.1, -0.05) is 53.6 Å². The number of benzene rings is 8. The Hall–Kier alpha value is -10.2. The lowest BCUT2D eigenvalue weighted by Crippen LogP contribution is -2.44. The van der Waals surface area contributed by atoms with E-state index in [4.69, 9.17) is 79.3 Å². The van der Waals surface area contributed by atoms with Crippen molar-refractivity contribution in [1.82, 2.24) is 0 Å². The van der Waals surface area contributed by atoms with E-state index in [-0.39, 0.29) is 126 Å². The summed E-state index contributed by atoms with van der Waals surface area (Å²) in [6, 6.07) is 40.9. The van der Waals surface area contributed by atoms with Crippen molar-refractivity contribution in [3.05, 3.63) is 237 Å². The molecule has 28 nitrogen and oxygen atoms in total. The number of aryl methyl sites for hydroxylation is 5. The smallest absolute Gasteiger partial charge is 0.297 e. The number of phenols is 1. The van der Waals surface area contributed by atoms with Crippen molar-refractivity contribution >= 4 is 194 Å². The summed E-state index contributed by atoms with van der Waals surface area (Å²) in [5.41, 5.74) is 5.31. The summed E-state index contributed by atoms with van der Waals surface area (Å²) in [6.07, 6.45) is 3.97. The Bertz CT molecular complexity index is 6440. The lowest BCUT2D eigenvalue weighted by molar-refractivity contribution is -0.121. The minimum absolute atomic E-state index is 0.0128. The number of phenolic OH excluding ortho intramolecular Hbond substituents is 1. The number of nitrogens with zero attached hydrogens (tertiary/aromatic N) is 9. The van der Waals surface area contributed by atoms with Gasteiger partial charge in [0, 0.05) is 52.3 Å². The molecule has 41 heteroatoms. The summed E-state index contributed by atoms with van der Waals surface area (Å²) in [4.78, 5) is 59.3. The summed E-state index contributed by atoms with van der Waals surface area (Å²) in [5.74, 6) is 1.14. The molecule has 730 valence electrons. The Balaban J connectivity index is 0.000000165. The number of aromatic hydroxyl groups is 1. The number of aliphatic hydroxyl groups excluding tert-OH is 1. The second kappa shape index (κ2) is 44.5. The van der Waals surface area contributed by atoms with Gasteiger partial charge in [0.25, 0.3) is 38.0 Å². The van der Waals surface area contributed by atoms with Gasteiger partial charge in [0.1, 0.15) is 28.8 Å². The Kier molecular flexibility index (Phi) is 34.9. The van der Waals surface area contributed by atoms with E-state index in [2.05, 4.69) is 14.5 Å². The van der Waals surface area contributed by atoms with Crippen LogP contribution < -0.4 is 38.9 Å². The van der Waals surface area contributed by atoms with E-state index in [1.54, 1.807) is 180 Å². The molecule has 0 atom stereocenters. The van der Waals surface area contributed by atoms with Crippen LogP contribution in [-0.4, -0.2) is 190 Å². The first-order valence-electron chi connectivity index (χ1n) is 43.7. The molecule has 0 aromatic heterocycles. The van der Waals surface area contributed by atoms with E-state index in [1.807, 2.05) is 37.4 Å². The summed E-state index contributed by atoms with van der Waals surface area (Å²) in [5, 5.41) is 18.9. The highest BCUT2D eigenvalue weighted by Gasteiger charge is 2.54. The lowest BCUT2D eigenvalue weighted by Gasteiger charge is -2.30. The average Bonchev–Trinajstić information content (AvgIpc) is 1.59. The third kappa shape index (κ3) is 26.1. The molecule has 8 aliphatic heterocycles. The fourth-order valence-electron chi connectivity index (χ4n) is 15.8. The Morgan fingerprint density at radius 3 is 0.927 bits per heavy atom. The minimum Gasteiger partial charge on any atom is -0.505 e. The van der Waals surface area contributed by atoms with Gasteiger partial charge in [-0.3, -0.25) is 37.4 Å². The van der Waals surface area contributed by atoms with Crippen LogP contribution in [0.4, 0.5) is 64.4 Å². The number of carbonyl (C=O) groups is 3. The first-order chi connectivity index (χ1) is 64.3. The van der Waals surface area contributed by atoms with Crippen LogP contribution in [0.15, 0.2) is 168 Å². The number of rotatable bonds is 16. The van der Waals surface area contributed by atoms with Gasteiger partial charge in [-0.25, -0.2) is 53.0 Å². The van der Waals surface area contributed by atoms with Crippen molar-refractivity contribution in [2.75, 3.05) is 86.9 Å². The SMILES string of the molecule is Cc1ccc(S(=O)(=O)OC2CCS(=O)(=O)CC2)cc1.Cc1ccc(S(=O)(=O)OC2CCSCC2)cc1.OC1CCSCC1.[C-]#[N+]c1ccc(N2C(=O)C(C)(C)N(c3ccc(O)c(F)c3)C2=S)cc1C.[C-]#[N+]c1ccc(N2C(=O)C(C)(C)N(c3ccc(OC4CCS(=O)(=O)CC4)c(F)c3)C2=S)cc1C.[C-]#[N+]c1ccc(N2C(=O)C(C)(C)N(c3ccc(OC4CCS(=O)(=O)CC4)c(F)c3)C2=S)cc1C. The molecule has 8 saturated heterocycles. The third-order valence-electron chi connectivity index (χ3n) is 23.8. The van der Waals surface area contributed by atoms with Gasteiger partial charge in [0.2, 0.25) is 0 Å². The van der Waals surface area contributed by atoms with E-state index >= 15 is 8.78 Å². The normalized spacial score (nSPS) is 19.3. The molecular weight excluding hydrogens is 1960 g/mol. The lowest BCUT2D eigenvalue weighted by atomic mass is 10.0. The number of hydrogen-bond acceptors (Lipinski definition) is 24. The quantitative estimate of drug-likeness (QED) is 0.0515. The largest absolute Gasteiger partial charge is 0.505 e. The van der Waals surface area contributed by atoms with E-state index in [0.717, 1.165) is 82.6 Å². The van der Waals surface area contributed by atoms with Crippen LogP contribution in [0.2, 0.25) is 0 Å². The zero-order valence-corrected chi connectivity index (χ0v) is 85.3. The monoisotopic (exact) mass is 2070 g/mol. The molecule has 8 aromatic rings. The van der Waals surface area contributed by atoms with Gasteiger partial charge in [-0.05, 0) is 314 Å². The van der Waals surface area contributed by atoms with Gasteiger partial charge in [-0.2, -0.15) is 40.4 Å². The molecule has 8 aromatic carbocycles. The number of anilines is 6. The fraction of sp³-hybridized carbons (Fsp3) is 0.406. The van der Waals surface area contributed by atoms with Gasteiger partial charge in [0.15, 0.2) is 96.6 Å². The molecule has 3 amide bonds. The van der Waals surface area contributed by atoms with E-state index in [9.17, 15) is 66.0 Å². The standard InChI is InChI=1S/2C24H24FN3O4S2.C19H16FN3O2S.C12H16O5S2.C12H16O3S2.C5H10OS/c2*1-15-13-16(5-7-20(15)26-4)27-22(29)24(2,3)28(23(27)33)17-6-8-21(19(25)14-17)32-18-9-11-34(30,31)12-10-18;1-11-9-12(5-7-15(11)21-4)22-17(25)19(2,3)23(18(22)26)13-6-8-16(24)14(20)10-13;1-10-2-4-12(5-3-10)19(15,16)17-11-6-8-18(13,14)9-7-11;1-10-2-4-12(5-3-10)17(13,14)15-11-6-8-16-9-7-11;6-5-1-3-7-4-2-5/h2*5-8,13-14,18H,9-12H2,1-3H3;5-10,24H,1-3H3;2-5,11H,6-9H2,1H3;2-5,11H,6-9H2,1H3;5-6H,1-4H2. The number of thioether (sulfide) groups is 2. The van der Waals surface area contributed by atoms with Crippen molar-refractivity contribution in [1.29, 1.82) is 0 Å². The summed E-state index contributed by atoms with van der Waals surface area (Å²) in [7, 11) is -16.5. The number of amides is 3. The molecule has 8 fully saturated rings. The van der Waals surface area contributed by atoms with Gasteiger partial charge >= 0.3 is 0 Å². The molecule has 0 saturated carbocycles. The van der Waals surface area contributed by atoms with Crippen LogP contribution >= 0.6 is 60.2 Å². The molecule has 0 aliphatic carbocycles. The number of sulfone groups is 3. The van der Waals surface area contributed by atoms with Crippen molar-refractivity contribution in [3.63, 3.8) is 0 Å². The molecular formula is C96H106F3N9O19S10. The van der Waals surface area contributed by atoms with Crippen molar-refractivity contribution in [2.24, 2.45) is 0 Å². The number of thiocarbonyl (C=S) groups is 3. The van der Waals surface area contributed by atoms with E-state index in [0.29, 0.717) is 76.9 Å². The Morgan fingerprint density at radius 2 is 0.657 bits per heavy atom. The van der Waals surface area contributed by atoms with Crippen LogP contribution in [-0.2, 0) is 72.5 Å². The number of hydrogen-bond donors (Lipinski definition) is 2. The molecule has 0 spiro atoms. The first-order valence-corrected chi connectivity index (χ1v) is 55.5. The fourth-order valence-corrected chi connectivity index (χ4v) is 26.1. The van der Waals surface area contributed by atoms with Crippen molar-refractivity contribution in [3.8, 4) is 17.2 Å². The van der Waals surface area contributed by atoms with Crippen LogP contribution in [0.5, 0.6) is 17.2 Å². The van der Waals surface area contributed by atoms with Crippen LogP contribution in [0, 0.1) is 71.8 Å². The molecule has 0 unspecified atom stereocenters. The molecule has 137 heavy (non-hydrogen) atoms. The molecule has 0 radical (unpaired) electrons. The summed E-state index contributed by atoms with van der Waals surface area (Å²) < 4.78 is 183. The highest BCUT2D eigenvalue weighted by molar-refractivity contribution is 7.99. The highest BCUT2D eigenvalue weighted by atomic mass is 32.2. The molecule has 0 bridgehead atoms. The topological polar surface area (TPSA) is 332 Å². The van der Waals surface area contributed by atoms with Gasteiger partial charge in [-0.15, -0.1) is 0 Å². The molecule has 8 aliphatic rings. The molecule has 2 N–H and O–H groups in total. The zero-order valence-electron chi connectivity index (χ0n) is 77.1. The molecule has 16 rings (SSSR count). The second-order valence-corrected chi connectivity index (χ2v) is 48.8. The van der Waals surface area contributed by atoms with Crippen LogP contribution in [0.25, 0.3) is 14.5 Å². The minimum atomic E-state index is -3.81.